The molecule has 126 valence electrons. The number of anilines is 2. The van der Waals surface area contributed by atoms with Crippen LogP contribution in [0.15, 0.2) is 30.6 Å². The Morgan fingerprint density at radius 3 is 2.62 bits per heavy atom. The molecule has 2 aromatic rings. The molecule has 0 spiro atoms. The van der Waals surface area contributed by atoms with E-state index in [9.17, 15) is 18.0 Å². The number of halogens is 3. The molecule has 8 heteroatoms. The first kappa shape index (κ1) is 16.3. The highest BCUT2D eigenvalue weighted by Gasteiger charge is 2.19. The lowest BCUT2D eigenvalue weighted by atomic mass is 10.2. The molecule has 0 aliphatic carbocycles. The maximum Gasteiger partial charge on any atom is 0.255 e. The molecule has 0 saturated carbocycles. The fraction of sp³-hybridized carbons (Fsp3) is 0.250. The number of aromatic nitrogens is 1. The summed E-state index contributed by atoms with van der Waals surface area (Å²) in [5, 5.41) is 2.60. The first-order valence-electron chi connectivity index (χ1n) is 7.29. The normalized spacial score (nSPS) is 14.5. The van der Waals surface area contributed by atoms with Gasteiger partial charge >= 0.3 is 0 Å². The standard InChI is InChI=1S/C16H14F3N3O2/c17-12-1-2-13(15(19)14(12)18)21-11-7-10(8-20-9-11)16(23)22-3-5-24-6-4-22/h1-2,7-9,21H,3-6H2. The van der Waals surface area contributed by atoms with E-state index in [1.54, 1.807) is 4.90 Å². The van der Waals surface area contributed by atoms with Crippen molar-refractivity contribution in [1.82, 2.24) is 9.88 Å². The lowest BCUT2D eigenvalue weighted by molar-refractivity contribution is 0.0302. The molecule has 0 bridgehead atoms. The molecule has 1 fully saturated rings. The van der Waals surface area contributed by atoms with E-state index in [2.05, 4.69) is 10.3 Å². The average Bonchev–Trinajstić information content (AvgIpc) is 2.62. The van der Waals surface area contributed by atoms with Gasteiger partial charge in [-0.2, -0.15) is 0 Å². The minimum absolute atomic E-state index is 0.222. The molecule has 1 saturated heterocycles. The molecule has 1 N–H and O–H groups in total. The Balaban J connectivity index is 1.80. The largest absolute Gasteiger partial charge is 0.378 e. The van der Waals surface area contributed by atoms with Crippen LogP contribution in [-0.2, 0) is 4.74 Å². The van der Waals surface area contributed by atoms with Crippen LogP contribution in [0.4, 0.5) is 24.5 Å². The van der Waals surface area contributed by atoms with Gasteiger partial charge in [-0.25, -0.2) is 13.2 Å². The molecule has 1 amide bonds. The number of morpholine rings is 1. The summed E-state index contributed by atoms with van der Waals surface area (Å²) in [5.41, 5.74) is 0.357. The van der Waals surface area contributed by atoms with Gasteiger partial charge in [0.25, 0.3) is 5.91 Å². The van der Waals surface area contributed by atoms with E-state index in [1.165, 1.54) is 18.5 Å². The molecule has 3 rings (SSSR count). The minimum Gasteiger partial charge on any atom is -0.378 e. The Morgan fingerprint density at radius 2 is 1.88 bits per heavy atom. The highest BCUT2D eigenvalue weighted by molar-refractivity contribution is 5.95. The summed E-state index contributed by atoms with van der Waals surface area (Å²) in [6.45, 7) is 1.90. The van der Waals surface area contributed by atoms with Crippen LogP contribution in [0.25, 0.3) is 0 Å². The highest BCUT2D eigenvalue weighted by Crippen LogP contribution is 2.24. The third kappa shape index (κ3) is 3.33. The Bertz CT molecular complexity index is 764. The molecule has 24 heavy (non-hydrogen) atoms. The molecule has 0 atom stereocenters. The predicted octanol–water partition coefficient (Wildman–Crippen LogP) is 2.71. The Labute approximate surface area is 136 Å². The van der Waals surface area contributed by atoms with Gasteiger partial charge in [-0.3, -0.25) is 9.78 Å². The summed E-state index contributed by atoms with van der Waals surface area (Å²) < 4.78 is 45.1. The van der Waals surface area contributed by atoms with Crippen molar-refractivity contribution >= 4 is 17.3 Å². The van der Waals surface area contributed by atoms with Gasteiger partial charge in [0.1, 0.15) is 0 Å². The van der Waals surface area contributed by atoms with Crippen LogP contribution in [0.5, 0.6) is 0 Å². The number of amides is 1. The van der Waals surface area contributed by atoms with Gasteiger partial charge in [-0.05, 0) is 18.2 Å². The second-order valence-corrected chi connectivity index (χ2v) is 5.21. The molecule has 1 aliphatic rings. The van der Waals surface area contributed by atoms with Gasteiger partial charge in [0.15, 0.2) is 17.5 Å². The van der Waals surface area contributed by atoms with E-state index in [0.29, 0.717) is 37.6 Å². The molecule has 2 heterocycles. The monoisotopic (exact) mass is 337 g/mol. The smallest absolute Gasteiger partial charge is 0.255 e. The molecule has 0 radical (unpaired) electrons. The van der Waals surface area contributed by atoms with Crippen LogP contribution in [0.3, 0.4) is 0 Å². The second kappa shape index (κ2) is 6.88. The fourth-order valence-electron chi connectivity index (χ4n) is 2.35. The summed E-state index contributed by atoms with van der Waals surface area (Å²) in [7, 11) is 0. The van der Waals surface area contributed by atoms with Crippen LogP contribution >= 0.6 is 0 Å². The molecule has 5 nitrogen and oxygen atoms in total. The van der Waals surface area contributed by atoms with Gasteiger partial charge in [0.2, 0.25) is 0 Å². The van der Waals surface area contributed by atoms with Crippen LogP contribution in [0, 0.1) is 17.5 Å². The number of hydrogen-bond donors (Lipinski definition) is 1. The molecule has 1 aromatic carbocycles. The van der Waals surface area contributed by atoms with E-state index >= 15 is 0 Å². The number of nitrogens with zero attached hydrogens (tertiary/aromatic N) is 2. The molecular formula is C16H14F3N3O2. The zero-order chi connectivity index (χ0) is 17.1. The highest BCUT2D eigenvalue weighted by atomic mass is 19.2. The Kier molecular flexibility index (Phi) is 4.66. The van der Waals surface area contributed by atoms with Crippen molar-refractivity contribution in [2.24, 2.45) is 0 Å². The van der Waals surface area contributed by atoms with Gasteiger partial charge < -0.3 is 15.0 Å². The van der Waals surface area contributed by atoms with E-state index in [-0.39, 0.29) is 11.6 Å². The number of ether oxygens (including phenoxy) is 1. The van der Waals surface area contributed by atoms with E-state index < -0.39 is 17.5 Å². The summed E-state index contributed by atoms with van der Waals surface area (Å²) in [6, 6.07) is 3.37. The number of carbonyl (C=O) groups is 1. The lowest BCUT2D eigenvalue weighted by Gasteiger charge is -2.26. The molecule has 1 aliphatic heterocycles. The summed E-state index contributed by atoms with van der Waals surface area (Å²) in [5.74, 6) is -4.39. The number of rotatable bonds is 3. The average molecular weight is 337 g/mol. The second-order valence-electron chi connectivity index (χ2n) is 5.21. The van der Waals surface area contributed by atoms with Crippen molar-refractivity contribution in [3.05, 3.63) is 53.6 Å². The first-order valence-corrected chi connectivity index (χ1v) is 7.29. The number of hydrogen-bond acceptors (Lipinski definition) is 4. The fourth-order valence-corrected chi connectivity index (χ4v) is 2.35. The Hall–Kier alpha value is -2.61. The SMILES string of the molecule is O=C(c1cncc(Nc2ccc(F)c(F)c2F)c1)N1CCOCC1. The van der Waals surface area contributed by atoms with Crippen molar-refractivity contribution in [2.75, 3.05) is 31.6 Å². The van der Waals surface area contributed by atoms with Crippen molar-refractivity contribution < 1.29 is 22.7 Å². The molecule has 1 aromatic heterocycles. The maximum atomic E-state index is 13.7. The van der Waals surface area contributed by atoms with E-state index in [0.717, 1.165) is 12.1 Å². The van der Waals surface area contributed by atoms with Gasteiger partial charge in [0, 0.05) is 19.3 Å². The minimum atomic E-state index is -1.56. The zero-order valence-corrected chi connectivity index (χ0v) is 12.6. The van der Waals surface area contributed by atoms with Gasteiger partial charge in [-0.1, -0.05) is 0 Å². The number of pyridine rings is 1. The Morgan fingerprint density at radius 1 is 1.12 bits per heavy atom. The predicted molar refractivity (Wildman–Crippen MR) is 80.6 cm³/mol. The maximum absolute atomic E-state index is 13.7. The summed E-state index contributed by atoms with van der Waals surface area (Å²) >= 11 is 0. The quantitative estimate of drug-likeness (QED) is 0.875. The summed E-state index contributed by atoms with van der Waals surface area (Å²) in [4.78, 5) is 18.0. The third-order valence-electron chi connectivity index (χ3n) is 3.60. The third-order valence-corrected chi connectivity index (χ3v) is 3.60. The van der Waals surface area contributed by atoms with Crippen molar-refractivity contribution in [2.45, 2.75) is 0 Å². The van der Waals surface area contributed by atoms with Crippen molar-refractivity contribution in [3.63, 3.8) is 0 Å². The number of nitrogens with one attached hydrogen (secondary N) is 1. The number of carbonyl (C=O) groups excluding carboxylic acids is 1. The zero-order valence-electron chi connectivity index (χ0n) is 12.6. The van der Waals surface area contributed by atoms with E-state index in [4.69, 9.17) is 4.74 Å². The van der Waals surface area contributed by atoms with Gasteiger partial charge in [-0.15, -0.1) is 0 Å². The summed E-state index contributed by atoms with van der Waals surface area (Å²) in [6.07, 6.45) is 2.75. The molecule has 0 unspecified atom stereocenters. The van der Waals surface area contributed by atoms with Crippen LogP contribution in [0.1, 0.15) is 10.4 Å². The van der Waals surface area contributed by atoms with Crippen LogP contribution in [-0.4, -0.2) is 42.1 Å². The van der Waals surface area contributed by atoms with Crippen LogP contribution in [0.2, 0.25) is 0 Å². The molecular weight excluding hydrogens is 323 g/mol. The van der Waals surface area contributed by atoms with Crippen molar-refractivity contribution in [1.29, 1.82) is 0 Å². The number of benzene rings is 1. The topological polar surface area (TPSA) is 54.5 Å². The lowest BCUT2D eigenvalue weighted by Crippen LogP contribution is -2.40. The van der Waals surface area contributed by atoms with E-state index in [1.807, 2.05) is 0 Å². The van der Waals surface area contributed by atoms with Crippen LogP contribution < -0.4 is 5.32 Å². The van der Waals surface area contributed by atoms with Gasteiger partial charge in [0.05, 0.1) is 36.3 Å². The van der Waals surface area contributed by atoms with Crippen molar-refractivity contribution in [3.8, 4) is 0 Å². The first-order chi connectivity index (χ1) is 11.6.